The monoisotopic (exact) mass is 344 g/mol. The van der Waals surface area contributed by atoms with Gasteiger partial charge in [-0.2, -0.15) is 0 Å². The SMILES string of the molecule is CC(C)=C[C@@H]1C/C(=C\CO[C@@H]2O[C@H](CO)[C@@H](O)[C@H](O)[C@H]2O)C(=O)O1. The van der Waals surface area contributed by atoms with Crippen molar-refractivity contribution in [1.82, 2.24) is 0 Å². The van der Waals surface area contributed by atoms with Crippen LogP contribution >= 0.6 is 0 Å². The predicted octanol–water partition coefficient (Wildman–Crippen LogP) is -0.989. The summed E-state index contributed by atoms with van der Waals surface area (Å²) < 4.78 is 15.7. The van der Waals surface area contributed by atoms with E-state index < -0.39 is 43.3 Å². The average molecular weight is 344 g/mol. The molecule has 8 heteroatoms. The minimum atomic E-state index is -1.49. The number of aliphatic hydroxyl groups excluding tert-OH is 4. The van der Waals surface area contributed by atoms with Crippen LogP contribution in [0.3, 0.4) is 0 Å². The summed E-state index contributed by atoms with van der Waals surface area (Å²) in [5, 5.41) is 38.3. The summed E-state index contributed by atoms with van der Waals surface area (Å²) in [7, 11) is 0. The van der Waals surface area contributed by atoms with E-state index in [1.807, 2.05) is 19.9 Å². The van der Waals surface area contributed by atoms with Gasteiger partial charge < -0.3 is 34.6 Å². The van der Waals surface area contributed by atoms with E-state index in [2.05, 4.69) is 0 Å². The van der Waals surface area contributed by atoms with Gasteiger partial charge in [-0.05, 0) is 26.0 Å². The minimum absolute atomic E-state index is 0.0470. The van der Waals surface area contributed by atoms with E-state index in [1.165, 1.54) is 6.08 Å². The van der Waals surface area contributed by atoms with Gasteiger partial charge in [0.25, 0.3) is 0 Å². The fourth-order valence-electron chi connectivity index (χ4n) is 2.63. The van der Waals surface area contributed by atoms with Gasteiger partial charge in [0.1, 0.15) is 30.5 Å². The number of hydrogen-bond donors (Lipinski definition) is 4. The van der Waals surface area contributed by atoms with Crippen molar-refractivity contribution >= 4 is 5.97 Å². The van der Waals surface area contributed by atoms with Crippen molar-refractivity contribution in [3.05, 3.63) is 23.3 Å². The number of allylic oxidation sites excluding steroid dienone is 1. The van der Waals surface area contributed by atoms with Crippen molar-refractivity contribution in [3.8, 4) is 0 Å². The van der Waals surface area contributed by atoms with E-state index in [0.717, 1.165) is 5.57 Å². The van der Waals surface area contributed by atoms with Crippen LogP contribution in [0.25, 0.3) is 0 Å². The fourth-order valence-corrected chi connectivity index (χ4v) is 2.63. The maximum Gasteiger partial charge on any atom is 0.334 e. The zero-order chi connectivity index (χ0) is 17.9. The molecule has 2 fully saturated rings. The summed E-state index contributed by atoms with van der Waals surface area (Å²) in [4.78, 5) is 11.7. The largest absolute Gasteiger partial charge is 0.454 e. The summed E-state index contributed by atoms with van der Waals surface area (Å²) in [6.45, 7) is 3.26. The lowest BCUT2D eigenvalue weighted by molar-refractivity contribution is -0.298. The Morgan fingerprint density at radius 1 is 1.25 bits per heavy atom. The molecule has 0 amide bonds. The van der Waals surface area contributed by atoms with Gasteiger partial charge in [-0.1, -0.05) is 5.57 Å². The Morgan fingerprint density at radius 2 is 1.96 bits per heavy atom. The maximum absolute atomic E-state index is 11.7. The van der Waals surface area contributed by atoms with Gasteiger partial charge in [-0.3, -0.25) is 0 Å². The normalized spacial score (nSPS) is 38.2. The third-order valence-corrected chi connectivity index (χ3v) is 3.90. The number of carbonyl (C=O) groups is 1. The summed E-state index contributed by atoms with van der Waals surface area (Å²) in [5.41, 5.74) is 1.51. The highest BCUT2D eigenvalue weighted by atomic mass is 16.7. The number of ether oxygens (including phenoxy) is 3. The summed E-state index contributed by atoms with van der Waals surface area (Å²) in [5.74, 6) is -0.421. The molecular formula is C16H24O8. The van der Waals surface area contributed by atoms with Gasteiger partial charge in [0.15, 0.2) is 6.29 Å². The molecule has 2 heterocycles. The Hall–Kier alpha value is -1.29. The molecule has 0 saturated carbocycles. The van der Waals surface area contributed by atoms with Gasteiger partial charge >= 0.3 is 5.97 Å². The van der Waals surface area contributed by atoms with Crippen molar-refractivity contribution < 1.29 is 39.4 Å². The number of esters is 1. The molecule has 0 aromatic carbocycles. The molecule has 4 N–H and O–H groups in total. The maximum atomic E-state index is 11.7. The molecule has 136 valence electrons. The first-order chi connectivity index (χ1) is 11.3. The second kappa shape index (κ2) is 8.19. The lowest BCUT2D eigenvalue weighted by Crippen LogP contribution is -2.59. The molecule has 0 unspecified atom stereocenters. The predicted molar refractivity (Wildman–Crippen MR) is 81.7 cm³/mol. The van der Waals surface area contributed by atoms with Gasteiger partial charge in [0.05, 0.1) is 13.2 Å². The van der Waals surface area contributed by atoms with Crippen LogP contribution in [0, 0.1) is 0 Å². The Kier molecular flexibility index (Phi) is 6.50. The minimum Gasteiger partial charge on any atom is -0.454 e. The molecule has 0 spiro atoms. The Morgan fingerprint density at radius 3 is 2.58 bits per heavy atom. The summed E-state index contributed by atoms with van der Waals surface area (Å²) in [6, 6.07) is 0. The van der Waals surface area contributed by atoms with Gasteiger partial charge in [0, 0.05) is 12.0 Å². The first-order valence-corrected chi connectivity index (χ1v) is 7.80. The molecule has 2 aliphatic rings. The zero-order valence-corrected chi connectivity index (χ0v) is 13.7. The molecule has 2 rings (SSSR count). The van der Waals surface area contributed by atoms with Crippen molar-refractivity contribution in [1.29, 1.82) is 0 Å². The molecule has 0 aliphatic carbocycles. The third kappa shape index (κ3) is 4.41. The van der Waals surface area contributed by atoms with Gasteiger partial charge in [0.2, 0.25) is 0 Å². The molecular weight excluding hydrogens is 320 g/mol. The van der Waals surface area contributed by atoms with Crippen molar-refractivity contribution in [3.63, 3.8) is 0 Å². The van der Waals surface area contributed by atoms with Crippen LogP contribution in [0.2, 0.25) is 0 Å². The Balaban J connectivity index is 1.91. The quantitative estimate of drug-likeness (QED) is 0.285. The standard InChI is InChI=1S/C16H24O8/c1-8(2)5-10-6-9(15(21)23-10)3-4-22-16-14(20)13(19)12(18)11(7-17)24-16/h3,5,10-14,16-20H,4,6-7H2,1-2H3/b9-3+/t10-,11-,12-,13+,14-,16-/m1/s1. The average Bonchev–Trinajstić information content (AvgIpc) is 2.86. The number of cyclic esters (lactones) is 1. The van der Waals surface area contributed by atoms with E-state index in [0.29, 0.717) is 12.0 Å². The van der Waals surface area contributed by atoms with Crippen LogP contribution in [-0.2, 0) is 19.0 Å². The van der Waals surface area contributed by atoms with Crippen LogP contribution < -0.4 is 0 Å². The topological polar surface area (TPSA) is 126 Å². The van der Waals surface area contributed by atoms with E-state index in [9.17, 15) is 20.1 Å². The molecule has 2 aliphatic heterocycles. The smallest absolute Gasteiger partial charge is 0.334 e. The fraction of sp³-hybridized carbons (Fsp3) is 0.688. The Bertz CT molecular complexity index is 508. The molecule has 24 heavy (non-hydrogen) atoms. The number of aliphatic hydroxyl groups is 4. The van der Waals surface area contributed by atoms with Crippen LogP contribution in [-0.4, -0.2) is 76.4 Å². The second-order valence-corrected chi connectivity index (χ2v) is 6.15. The molecule has 0 aromatic heterocycles. The number of hydrogen-bond acceptors (Lipinski definition) is 8. The lowest BCUT2D eigenvalue weighted by atomic mass is 9.99. The zero-order valence-electron chi connectivity index (χ0n) is 13.7. The Labute approximate surface area is 140 Å². The van der Waals surface area contributed by atoms with Crippen LogP contribution in [0.4, 0.5) is 0 Å². The third-order valence-electron chi connectivity index (χ3n) is 3.90. The highest BCUT2D eigenvalue weighted by Gasteiger charge is 2.43. The van der Waals surface area contributed by atoms with E-state index in [-0.39, 0.29) is 12.7 Å². The first-order valence-electron chi connectivity index (χ1n) is 7.80. The highest BCUT2D eigenvalue weighted by Crippen LogP contribution is 2.24. The van der Waals surface area contributed by atoms with Crippen LogP contribution in [0.1, 0.15) is 20.3 Å². The summed E-state index contributed by atoms with van der Waals surface area (Å²) in [6.07, 6.45) is -3.11. The molecule has 2 saturated heterocycles. The van der Waals surface area contributed by atoms with E-state index >= 15 is 0 Å². The molecule has 0 radical (unpaired) electrons. The van der Waals surface area contributed by atoms with Crippen molar-refractivity contribution in [2.24, 2.45) is 0 Å². The molecule has 8 nitrogen and oxygen atoms in total. The highest BCUT2D eigenvalue weighted by molar-refractivity contribution is 5.90. The van der Waals surface area contributed by atoms with Crippen LogP contribution in [0.5, 0.6) is 0 Å². The first kappa shape index (κ1) is 19.0. The second-order valence-electron chi connectivity index (χ2n) is 6.15. The molecule has 0 aromatic rings. The lowest BCUT2D eigenvalue weighted by Gasteiger charge is -2.39. The van der Waals surface area contributed by atoms with Gasteiger partial charge in [-0.15, -0.1) is 0 Å². The van der Waals surface area contributed by atoms with E-state index in [1.54, 1.807) is 0 Å². The number of rotatable bonds is 5. The molecule has 0 bridgehead atoms. The summed E-state index contributed by atoms with van der Waals surface area (Å²) >= 11 is 0. The van der Waals surface area contributed by atoms with E-state index in [4.69, 9.17) is 19.3 Å². The van der Waals surface area contributed by atoms with Crippen molar-refractivity contribution in [2.45, 2.75) is 57.1 Å². The van der Waals surface area contributed by atoms with Crippen molar-refractivity contribution in [2.75, 3.05) is 13.2 Å². The molecule has 6 atom stereocenters. The van der Waals surface area contributed by atoms with Crippen LogP contribution in [0.15, 0.2) is 23.3 Å². The van der Waals surface area contributed by atoms with Gasteiger partial charge in [-0.25, -0.2) is 4.79 Å². The number of carbonyl (C=O) groups excluding carboxylic acids is 1.